The third-order valence-corrected chi connectivity index (χ3v) is 7.12. The predicted octanol–water partition coefficient (Wildman–Crippen LogP) is 5.34. The summed E-state index contributed by atoms with van der Waals surface area (Å²) in [6.07, 6.45) is 0.462. The maximum absolute atomic E-state index is 14.0. The SMILES string of the molecule is CCOc1cc([C@@H]2C(C(=O)OC(C)C)=C(C)NC3=C2C(=O)C[C@@H](c2ccc(OC)c(OC)c2)C3)ccc1OC(C)=O. The first-order chi connectivity index (χ1) is 19.6. The van der Waals surface area contributed by atoms with Crippen LogP contribution in [0.15, 0.2) is 58.9 Å². The summed E-state index contributed by atoms with van der Waals surface area (Å²) in [7, 11) is 3.16. The third-order valence-electron chi connectivity index (χ3n) is 7.12. The molecule has 0 aromatic heterocycles. The van der Waals surface area contributed by atoms with Crippen molar-refractivity contribution >= 4 is 17.7 Å². The number of nitrogens with one attached hydrogen (secondary N) is 1. The Balaban J connectivity index is 1.82. The summed E-state index contributed by atoms with van der Waals surface area (Å²) in [6.45, 7) is 8.85. The predicted molar refractivity (Wildman–Crippen MR) is 152 cm³/mol. The molecule has 0 spiro atoms. The van der Waals surface area contributed by atoms with Gasteiger partial charge in [0, 0.05) is 36.2 Å². The quantitative estimate of drug-likeness (QED) is 0.319. The molecule has 0 amide bonds. The fourth-order valence-corrected chi connectivity index (χ4v) is 5.47. The highest BCUT2D eigenvalue weighted by Crippen LogP contribution is 2.47. The molecule has 2 aliphatic rings. The van der Waals surface area contributed by atoms with E-state index in [0.717, 1.165) is 11.3 Å². The molecule has 2 aromatic carbocycles. The van der Waals surface area contributed by atoms with Gasteiger partial charge in [-0.15, -0.1) is 0 Å². The molecular formula is C32H37NO8. The van der Waals surface area contributed by atoms with Gasteiger partial charge >= 0.3 is 11.9 Å². The molecule has 9 heteroatoms. The van der Waals surface area contributed by atoms with Crippen molar-refractivity contribution in [1.82, 2.24) is 5.32 Å². The number of rotatable bonds is 9. The van der Waals surface area contributed by atoms with Crippen molar-refractivity contribution in [3.05, 3.63) is 70.1 Å². The van der Waals surface area contributed by atoms with Gasteiger partial charge in [0.05, 0.1) is 32.5 Å². The van der Waals surface area contributed by atoms with Crippen LogP contribution >= 0.6 is 0 Å². The van der Waals surface area contributed by atoms with E-state index in [2.05, 4.69) is 5.32 Å². The number of allylic oxidation sites excluding steroid dienone is 3. The van der Waals surface area contributed by atoms with Gasteiger partial charge in [0.1, 0.15) is 0 Å². The van der Waals surface area contributed by atoms with Gasteiger partial charge in [-0.05, 0) is 75.4 Å². The van der Waals surface area contributed by atoms with E-state index < -0.39 is 17.9 Å². The van der Waals surface area contributed by atoms with Crippen LogP contribution in [0.3, 0.4) is 0 Å². The van der Waals surface area contributed by atoms with Crippen LogP contribution in [0.25, 0.3) is 0 Å². The molecule has 1 N–H and O–H groups in total. The smallest absolute Gasteiger partial charge is 0.337 e. The zero-order valence-corrected chi connectivity index (χ0v) is 24.6. The van der Waals surface area contributed by atoms with Crippen LogP contribution in [0.1, 0.15) is 70.4 Å². The third kappa shape index (κ3) is 6.24. The number of Topliss-reactive ketones (excluding diaryl/α,β-unsaturated/α-hetero) is 1. The van der Waals surface area contributed by atoms with Crippen LogP contribution in [0, 0.1) is 0 Å². The standard InChI is InChI=1S/C32H37NO8/c1-8-39-28-16-21(10-12-26(28)41-19(5)34)30-29(32(36)40-17(2)3)18(4)33-23-13-22(14-24(35)31(23)30)20-9-11-25(37-6)27(15-20)38-7/h9-12,15-17,22,30,33H,8,13-14H2,1-7H3/t22-,30+/m0/s1. The number of esters is 2. The van der Waals surface area contributed by atoms with Crippen molar-refractivity contribution < 1.29 is 38.1 Å². The van der Waals surface area contributed by atoms with E-state index in [0.29, 0.717) is 52.7 Å². The Labute approximate surface area is 240 Å². The molecule has 1 aliphatic carbocycles. The molecule has 2 atom stereocenters. The van der Waals surface area contributed by atoms with E-state index in [-0.39, 0.29) is 30.0 Å². The molecule has 2 aromatic rings. The molecule has 0 bridgehead atoms. The summed E-state index contributed by atoms with van der Waals surface area (Å²) < 4.78 is 27.6. The highest BCUT2D eigenvalue weighted by atomic mass is 16.6. The largest absolute Gasteiger partial charge is 0.493 e. The maximum atomic E-state index is 14.0. The van der Waals surface area contributed by atoms with Gasteiger partial charge in [-0.1, -0.05) is 12.1 Å². The van der Waals surface area contributed by atoms with Crippen LogP contribution in [0.4, 0.5) is 0 Å². The Morgan fingerprint density at radius 1 is 0.951 bits per heavy atom. The maximum Gasteiger partial charge on any atom is 0.337 e. The van der Waals surface area contributed by atoms with E-state index in [4.69, 9.17) is 23.7 Å². The van der Waals surface area contributed by atoms with E-state index >= 15 is 0 Å². The second-order valence-corrected chi connectivity index (χ2v) is 10.3. The van der Waals surface area contributed by atoms with Gasteiger partial charge < -0.3 is 29.0 Å². The topological polar surface area (TPSA) is 109 Å². The van der Waals surface area contributed by atoms with Gasteiger partial charge in [0.15, 0.2) is 28.8 Å². The van der Waals surface area contributed by atoms with Crippen molar-refractivity contribution in [3.8, 4) is 23.0 Å². The molecule has 0 unspecified atom stereocenters. The van der Waals surface area contributed by atoms with Crippen molar-refractivity contribution in [3.63, 3.8) is 0 Å². The molecule has 0 saturated heterocycles. The van der Waals surface area contributed by atoms with E-state index in [1.165, 1.54) is 6.92 Å². The first-order valence-electron chi connectivity index (χ1n) is 13.7. The molecular weight excluding hydrogens is 526 g/mol. The number of carbonyl (C=O) groups is 3. The highest BCUT2D eigenvalue weighted by molar-refractivity contribution is 6.04. The first-order valence-corrected chi connectivity index (χ1v) is 13.7. The number of ether oxygens (including phenoxy) is 5. The Kier molecular flexibility index (Phi) is 9.05. The molecule has 1 aliphatic heterocycles. The Hall–Kier alpha value is -4.27. The Morgan fingerprint density at radius 2 is 1.61 bits per heavy atom. The summed E-state index contributed by atoms with van der Waals surface area (Å²) >= 11 is 0. The number of methoxy groups -OCH3 is 2. The average Bonchev–Trinajstić information content (AvgIpc) is 2.92. The summed E-state index contributed by atoms with van der Waals surface area (Å²) in [5.74, 6) is -0.0273. The van der Waals surface area contributed by atoms with E-state index in [1.807, 2.05) is 32.0 Å². The summed E-state index contributed by atoms with van der Waals surface area (Å²) in [5.41, 5.74) is 3.86. The molecule has 1 heterocycles. The van der Waals surface area contributed by atoms with Gasteiger partial charge in [0.25, 0.3) is 0 Å². The molecule has 4 rings (SSSR count). The monoisotopic (exact) mass is 563 g/mol. The minimum Gasteiger partial charge on any atom is -0.493 e. The fraction of sp³-hybridized carbons (Fsp3) is 0.406. The lowest BCUT2D eigenvalue weighted by atomic mass is 9.71. The Bertz CT molecular complexity index is 1420. The van der Waals surface area contributed by atoms with Crippen LogP contribution in [-0.2, 0) is 19.1 Å². The number of hydrogen-bond acceptors (Lipinski definition) is 9. The number of ketones is 1. The fourth-order valence-electron chi connectivity index (χ4n) is 5.47. The summed E-state index contributed by atoms with van der Waals surface area (Å²) in [6, 6.07) is 10.8. The van der Waals surface area contributed by atoms with Gasteiger partial charge in [0.2, 0.25) is 0 Å². The van der Waals surface area contributed by atoms with E-state index in [1.54, 1.807) is 46.3 Å². The van der Waals surface area contributed by atoms with Crippen LogP contribution in [-0.4, -0.2) is 44.7 Å². The molecule has 0 radical (unpaired) electrons. The van der Waals surface area contributed by atoms with Crippen molar-refractivity contribution in [1.29, 1.82) is 0 Å². The zero-order valence-electron chi connectivity index (χ0n) is 24.6. The number of carbonyl (C=O) groups excluding carboxylic acids is 3. The van der Waals surface area contributed by atoms with Crippen molar-refractivity contribution in [2.75, 3.05) is 20.8 Å². The molecule has 0 fully saturated rings. The van der Waals surface area contributed by atoms with Crippen molar-refractivity contribution in [2.24, 2.45) is 0 Å². The minimum atomic E-state index is -0.693. The lowest BCUT2D eigenvalue weighted by Gasteiger charge is -2.37. The van der Waals surface area contributed by atoms with Crippen LogP contribution < -0.4 is 24.3 Å². The lowest BCUT2D eigenvalue weighted by Crippen LogP contribution is -2.36. The van der Waals surface area contributed by atoms with Gasteiger partial charge in [-0.2, -0.15) is 0 Å². The summed E-state index contributed by atoms with van der Waals surface area (Å²) in [4.78, 5) is 39.1. The number of dihydropyridines is 1. The number of hydrogen-bond donors (Lipinski definition) is 1. The zero-order chi connectivity index (χ0) is 29.8. The average molecular weight is 564 g/mol. The van der Waals surface area contributed by atoms with Crippen LogP contribution in [0.5, 0.6) is 23.0 Å². The molecule has 9 nitrogen and oxygen atoms in total. The van der Waals surface area contributed by atoms with Gasteiger partial charge in [-0.25, -0.2) is 4.79 Å². The molecule has 218 valence electrons. The minimum absolute atomic E-state index is 0.0760. The van der Waals surface area contributed by atoms with Crippen molar-refractivity contribution in [2.45, 2.75) is 65.4 Å². The highest BCUT2D eigenvalue weighted by Gasteiger charge is 2.42. The molecule has 0 saturated carbocycles. The normalized spacial score (nSPS) is 18.5. The number of benzene rings is 2. The van der Waals surface area contributed by atoms with Gasteiger partial charge in [-0.3, -0.25) is 9.59 Å². The second-order valence-electron chi connectivity index (χ2n) is 10.3. The lowest BCUT2D eigenvalue weighted by molar-refractivity contribution is -0.143. The Morgan fingerprint density at radius 3 is 2.24 bits per heavy atom. The first kappa shape index (κ1) is 29.7. The van der Waals surface area contributed by atoms with Crippen LogP contribution in [0.2, 0.25) is 0 Å². The second kappa shape index (κ2) is 12.5. The molecule has 41 heavy (non-hydrogen) atoms. The van der Waals surface area contributed by atoms with E-state index in [9.17, 15) is 14.4 Å². The summed E-state index contributed by atoms with van der Waals surface area (Å²) in [5, 5.41) is 3.36.